The number of carbonyl (C=O) groups excluding carboxylic acids is 2. The summed E-state index contributed by atoms with van der Waals surface area (Å²) in [5.74, 6) is -1.12. The summed E-state index contributed by atoms with van der Waals surface area (Å²) in [6.45, 7) is 0.366. The average Bonchev–Trinajstić information content (AvgIpc) is 2.47. The number of carbonyl (C=O) groups is 3. The van der Waals surface area contributed by atoms with Crippen LogP contribution in [0.1, 0.15) is 51.4 Å². The van der Waals surface area contributed by atoms with Crippen molar-refractivity contribution in [2.24, 2.45) is 5.92 Å². The van der Waals surface area contributed by atoms with Crippen LogP contribution in [0.5, 0.6) is 0 Å². The van der Waals surface area contributed by atoms with E-state index in [1.807, 2.05) is 0 Å². The molecular weight excluding hydrogens is 272 g/mol. The van der Waals surface area contributed by atoms with Gasteiger partial charge in [0, 0.05) is 20.0 Å². The minimum absolute atomic E-state index is 0.00825. The third kappa shape index (κ3) is 3.54. The fourth-order valence-electron chi connectivity index (χ4n) is 3.57. The summed E-state index contributed by atoms with van der Waals surface area (Å²) in [7, 11) is 1.73. The van der Waals surface area contributed by atoms with Crippen molar-refractivity contribution in [3.63, 3.8) is 0 Å². The van der Waals surface area contributed by atoms with E-state index in [0.717, 1.165) is 32.1 Å². The van der Waals surface area contributed by atoms with Gasteiger partial charge in [0.1, 0.15) is 0 Å². The largest absolute Gasteiger partial charge is 0.481 e. The normalized spacial score (nSPS) is 25.0. The SMILES string of the molecule is CN(C(=O)C1CCC(=O)NC1)C1(CC(=O)O)CCCCC1. The molecule has 1 aliphatic carbocycles. The van der Waals surface area contributed by atoms with Gasteiger partial charge in [0.05, 0.1) is 17.9 Å². The van der Waals surface area contributed by atoms with E-state index in [1.54, 1.807) is 11.9 Å². The molecule has 0 radical (unpaired) electrons. The van der Waals surface area contributed by atoms with Crippen molar-refractivity contribution in [1.82, 2.24) is 10.2 Å². The van der Waals surface area contributed by atoms with Crippen molar-refractivity contribution < 1.29 is 19.5 Å². The van der Waals surface area contributed by atoms with Crippen LogP contribution in [0.2, 0.25) is 0 Å². The molecule has 2 N–H and O–H groups in total. The zero-order chi connectivity index (χ0) is 15.5. The first kappa shape index (κ1) is 15.8. The molecule has 0 aromatic heterocycles. The molecule has 118 valence electrons. The Hall–Kier alpha value is -1.59. The van der Waals surface area contributed by atoms with Gasteiger partial charge < -0.3 is 15.3 Å². The van der Waals surface area contributed by atoms with E-state index in [2.05, 4.69) is 5.32 Å². The van der Waals surface area contributed by atoms with Gasteiger partial charge in [0.2, 0.25) is 11.8 Å². The van der Waals surface area contributed by atoms with Gasteiger partial charge in [-0.3, -0.25) is 14.4 Å². The second kappa shape index (κ2) is 6.45. The standard InChI is InChI=1S/C15H24N2O4/c1-17(14(21)11-5-6-12(18)16-10-11)15(9-13(19)20)7-3-2-4-8-15/h11H,2-10H2,1H3,(H,16,18)(H,19,20). The topological polar surface area (TPSA) is 86.7 Å². The molecule has 21 heavy (non-hydrogen) atoms. The highest BCUT2D eigenvalue weighted by Crippen LogP contribution is 2.37. The Bertz CT molecular complexity index is 419. The van der Waals surface area contributed by atoms with Gasteiger partial charge in [-0.15, -0.1) is 0 Å². The van der Waals surface area contributed by atoms with Gasteiger partial charge in [0.25, 0.3) is 0 Å². The molecule has 6 heteroatoms. The second-order valence-electron chi connectivity index (χ2n) is 6.29. The maximum atomic E-state index is 12.7. The molecule has 0 aromatic rings. The maximum absolute atomic E-state index is 12.7. The summed E-state index contributed by atoms with van der Waals surface area (Å²) < 4.78 is 0. The molecule has 0 aromatic carbocycles. The summed E-state index contributed by atoms with van der Waals surface area (Å²) in [4.78, 5) is 36.8. The van der Waals surface area contributed by atoms with E-state index in [0.29, 0.717) is 19.4 Å². The van der Waals surface area contributed by atoms with E-state index in [9.17, 15) is 19.5 Å². The van der Waals surface area contributed by atoms with Gasteiger partial charge in [-0.2, -0.15) is 0 Å². The van der Waals surface area contributed by atoms with Crippen molar-refractivity contribution in [3.8, 4) is 0 Å². The fourth-order valence-corrected chi connectivity index (χ4v) is 3.57. The summed E-state index contributed by atoms with van der Waals surface area (Å²) in [6.07, 6.45) is 5.46. The lowest BCUT2D eigenvalue weighted by Crippen LogP contribution is -2.55. The number of hydrogen-bond donors (Lipinski definition) is 2. The minimum atomic E-state index is -0.853. The number of piperidine rings is 1. The number of hydrogen-bond acceptors (Lipinski definition) is 3. The Labute approximate surface area is 124 Å². The number of nitrogens with one attached hydrogen (secondary N) is 1. The molecule has 1 heterocycles. The summed E-state index contributed by atoms with van der Waals surface area (Å²) in [5.41, 5.74) is -0.553. The van der Waals surface area contributed by atoms with E-state index in [1.165, 1.54) is 0 Å². The van der Waals surface area contributed by atoms with Crippen molar-refractivity contribution in [1.29, 1.82) is 0 Å². The predicted molar refractivity (Wildman–Crippen MR) is 76.6 cm³/mol. The highest BCUT2D eigenvalue weighted by atomic mass is 16.4. The molecular formula is C15H24N2O4. The molecule has 1 atom stereocenters. The van der Waals surface area contributed by atoms with Crippen LogP contribution in [-0.4, -0.2) is 46.9 Å². The van der Waals surface area contributed by atoms with Crippen LogP contribution in [-0.2, 0) is 14.4 Å². The molecule has 0 spiro atoms. The fraction of sp³-hybridized carbons (Fsp3) is 0.800. The van der Waals surface area contributed by atoms with Gasteiger partial charge in [-0.1, -0.05) is 19.3 Å². The first-order valence-electron chi connectivity index (χ1n) is 7.71. The Morgan fingerprint density at radius 1 is 1.33 bits per heavy atom. The Morgan fingerprint density at radius 2 is 2.00 bits per heavy atom. The van der Waals surface area contributed by atoms with Crippen LogP contribution >= 0.6 is 0 Å². The molecule has 1 aliphatic heterocycles. The highest BCUT2D eigenvalue weighted by molar-refractivity contribution is 5.84. The number of amides is 2. The van der Waals surface area contributed by atoms with E-state index >= 15 is 0 Å². The summed E-state index contributed by atoms with van der Waals surface area (Å²) >= 11 is 0. The van der Waals surface area contributed by atoms with Gasteiger partial charge in [0.15, 0.2) is 0 Å². The Kier molecular flexibility index (Phi) is 4.85. The highest BCUT2D eigenvalue weighted by Gasteiger charge is 2.42. The molecule has 2 amide bonds. The quantitative estimate of drug-likeness (QED) is 0.814. The van der Waals surface area contributed by atoms with Crippen LogP contribution in [0.15, 0.2) is 0 Å². The lowest BCUT2D eigenvalue weighted by molar-refractivity contribution is -0.148. The number of aliphatic carboxylic acids is 1. The predicted octanol–water partition coefficient (Wildman–Crippen LogP) is 1.15. The Balaban J connectivity index is 2.09. The lowest BCUT2D eigenvalue weighted by atomic mass is 9.77. The maximum Gasteiger partial charge on any atom is 0.305 e. The van der Waals surface area contributed by atoms with Crippen LogP contribution in [0.25, 0.3) is 0 Å². The third-order valence-corrected chi connectivity index (χ3v) is 4.92. The molecule has 2 rings (SSSR count). The van der Waals surface area contributed by atoms with Gasteiger partial charge in [-0.25, -0.2) is 0 Å². The molecule has 6 nitrogen and oxygen atoms in total. The molecule has 1 saturated heterocycles. The van der Waals surface area contributed by atoms with Crippen molar-refractivity contribution in [2.75, 3.05) is 13.6 Å². The van der Waals surface area contributed by atoms with Crippen LogP contribution in [0, 0.1) is 5.92 Å². The minimum Gasteiger partial charge on any atom is -0.481 e. The summed E-state index contributed by atoms with van der Waals surface area (Å²) in [6, 6.07) is 0. The Morgan fingerprint density at radius 3 is 2.52 bits per heavy atom. The van der Waals surface area contributed by atoms with E-state index in [-0.39, 0.29) is 24.2 Å². The zero-order valence-electron chi connectivity index (χ0n) is 12.6. The molecule has 1 saturated carbocycles. The number of nitrogens with zero attached hydrogens (tertiary/aromatic N) is 1. The van der Waals surface area contributed by atoms with Crippen LogP contribution < -0.4 is 5.32 Å². The zero-order valence-corrected chi connectivity index (χ0v) is 12.6. The van der Waals surface area contributed by atoms with Crippen LogP contribution in [0.4, 0.5) is 0 Å². The van der Waals surface area contributed by atoms with Gasteiger partial charge >= 0.3 is 5.97 Å². The monoisotopic (exact) mass is 296 g/mol. The van der Waals surface area contributed by atoms with Crippen LogP contribution in [0.3, 0.4) is 0 Å². The van der Waals surface area contributed by atoms with Crippen molar-refractivity contribution >= 4 is 17.8 Å². The molecule has 2 fully saturated rings. The number of rotatable bonds is 4. The van der Waals surface area contributed by atoms with Gasteiger partial charge in [-0.05, 0) is 19.3 Å². The first-order valence-corrected chi connectivity index (χ1v) is 7.71. The van der Waals surface area contributed by atoms with E-state index < -0.39 is 11.5 Å². The summed E-state index contributed by atoms with van der Waals surface area (Å²) in [5, 5.41) is 11.9. The molecule has 2 aliphatic rings. The first-order chi connectivity index (χ1) is 9.94. The molecule has 1 unspecified atom stereocenters. The lowest BCUT2D eigenvalue weighted by Gasteiger charge is -2.45. The second-order valence-corrected chi connectivity index (χ2v) is 6.29. The smallest absolute Gasteiger partial charge is 0.305 e. The average molecular weight is 296 g/mol. The third-order valence-electron chi connectivity index (χ3n) is 4.92. The molecule has 0 bridgehead atoms. The van der Waals surface area contributed by atoms with Crippen molar-refractivity contribution in [2.45, 2.75) is 56.9 Å². The number of carboxylic acid groups (broad SMARTS) is 1. The van der Waals surface area contributed by atoms with Crippen molar-refractivity contribution in [3.05, 3.63) is 0 Å². The van der Waals surface area contributed by atoms with E-state index in [4.69, 9.17) is 0 Å². The number of carboxylic acids is 1.